The van der Waals surface area contributed by atoms with E-state index < -0.39 is 0 Å². The maximum Gasteiger partial charge on any atom is 0.131 e. The summed E-state index contributed by atoms with van der Waals surface area (Å²) in [5, 5.41) is 5.33. The zero-order chi connectivity index (χ0) is 24.7. The van der Waals surface area contributed by atoms with Crippen molar-refractivity contribution in [1.82, 2.24) is 14.5 Å². The lowest BCUT2D eigenvalue weighted by Crippen LogP contribution is -2.29. The summed E-state index contributed by atoms with van der Waals surface area (Å²) in [6, 6.07) is 14.5. The van der Waals surface area contributed by atoms with Crippen LogP contribution in [0.15, 0.2) is 48.7 Å². The number of para-hydroxylation sites is 1. The first kappa shape index (κ1) is 23.5. The van der Waals surface area contributed by atoms with Gasteiger partial charge in [0.05, 0.1) is 27.6 Å². The third kappa shape index (κ3) is 4.56. The van der Waals surface area contributed by atoms with E-state index in [1.165, 1.54) is 16.5 Å². The van der Waals surface area contributed by atoms with Crippen LogP contribution in [0.5, 0.6) is 0 Å². The van der Waals surface area contributed by atoms with E-state index >= 15 is 0 Å². The molecule has 1 aliphatic rings. The second-order valence-corrected chi connectivity index (χ2v) is 10.2. The molecule has 2 aromatic carbocycles. The number of nitrogens with two attached hydrogens (primary N) is 1. The number of hydrogen-bond donors (Lipinski definition) is 2. The first-order valence-electron chi connectivity index (χ1n) is 12.1. The third-order valence-corrected chi connectivity index (χ3v) is 7.16. The molecule has 3 N–H and O–H groups in total. The molecule has 0 fully saturated rings. The van der Waals surface area contributed by atoms with Crippen molar-refractivity contribution in [3.8, 4) is 11.3 Å². The molecule has 2 aromatic heterocycles. The Bertz CT molecular complexity index is 1390. The fourth-order valence-corrected chi connectivity index (χ4v) is 5.14. The van der Waals surface area contributed by atoms with Gasteiger partial charge in [0.2, 0.25) is 0 Å². The lowest BCUT2D eigenvalue weighted by atomic mass is 10.0. The Balaban J connectivity index is 1.46. The van der Waals surface area contributed by atoms with Crippen LogP contribution in [0.4, 0.5) is 22.9 Å². The van der Waals surface area contributed by atoms with Crippen LogP contribution in [-0.4, -0.2) is 48.7 Å². The topological polar surface area (TPSA) is 62.4 Å². The first-order chi connectivity index (χ1) is 16.8. The minimum atomic E-state index is 0.647. The number of hydrogen-bond acceptors (Lipinski definition) is 5. The van der Waals surface area contributed by atoms with Crippen molar-refractivity contribution < 1.29 is 0 Å². The van der Waals surface area contributed by atoms with Crippen LogP contribution in [0.25, 0.3) is 22.2 Å². The average molecular weight is 489 g/mol. The summed E-state index contributed by atoms with van der Waals surface area (Å²) in [6.07, 6.45) is 4.47. The van der Waals surface area contributed by atoms with Gasteiger partial charge in [0, 0.05) is 49.5 Å². The van der Waals surface area contributed by atoms with Gasteiger partial charge in [-0.05, 0) is 69.3 Å². The largest absolute Gasteiger partial charge is 0.397 e. The van der Waals surface area contributed by atoms with E-state index in [-0.39, 0.29) is 0 Å². The Hall–Kier alpha value is -3.22. The highest BCUT2D eigenvalue weighted by atomic mass is 35.5. The number of nitrogens with one attached hydrogen (secondary N) is 1. The number of aryl methyl sites for hydroxylation is 3. The molecule has 0 aliphatic carbocycles. The molecule has 6 nitrogen and oxygen atoms in total. The number of likely N-dealkylation sites (N-methyl/N-ethyl adjacent to an activating group) is 2. The van der Waals surface area contributed by atoms with Gasteiger partial charge in [0.1, 0.15) is 5.82 Å². The third-order valence-electron chi connectivity index (χ3n) is 6.86. The molecule has 7 heteroatoms. The number of nitrogens with zero attached hydrogens (tertiary/aromatic N) is 4. The van der Waals surface area contributed by atoms with Crippen LogP contribution in [0.2, 0.25) is 5.02 Å². The summed E-state index contributed by atoms with van der Waals surface area (Å²) in [4.78, 5) is 9.31. The van der Waals surface area contributed by atoms with Gasteiger partial charge in [-0.1, -0.05) is 29.8 Å². The fraction of sp³-hybridized carbons (Fsp3) is 0.321. The van der Waals surface area contributed by atoms with E-state index in [0.717, 1.165) is 72.2 Å². The molecule has 1 aliphatic heterocycles. The zero-order valence-corrected chi connectivity index (χ0v) is 21.7. The van der Waals surface area contributed by atoms with Gasteiger partial charge in [0.15, 0.2) is 0 Å². The summed E-state index contributed by atoms with van der Waals surface area (Å²) >= 11 is 6.68. The molecule has 0 spiro atoms. The normalized spacial score (nSPS) is 13.0. The monoisotopic (exact) mass is 488 g/mol. The van der Waals surface area contributed by atoms with Crippen LogP contribution < -0.4 is 16.0 Å². The highest BCUT2D eigenvalue weighted by Crippen LogP contribution is 2.38. The SMILES string of the molecule is Cc1cc(N(C)CCN(C)C)c(N)cc1Nc1ccc(Cl)c(-c2cn3c4c(cccc24)CCC3)n1. The summed E-state index contributed by atoms with van der Waals surface area (Å²) in [7, 11) is 6.23. The molecule has 0 bridgehead atoms. The fourth-order valence-electron chi connectivity index (χ4n) is 4.93. The predicted molar refractivity (Wildman–Crippen MR) is 149 cm³/mol. The molecule has 0 saturated carbocycles. The van der Waals surface area contributed by atoms with Crippen LogP contribution in [0.3, 0.4) is 0 Å². The molecular formula is C28H33ClN6. The Labute approximate surface area is 212 Å². The summed E-state index contributed by atoms with van der Waals surface area (Å²) < 4.78 is 2.35. The molecule has 4 aromatic rings. The number of rotatable bonds is 7. The zero-order valence-electron chi connectivity index (χ0n) is 20.9. The second kappa shape index (κ2) is 9.44. The van der Waals surface area contributed by atoms with Crippen LogP contribution >= 0.6 is 11.6 Å². The lowest BCUT2D eigenvalue weighted by molar-refractivity contribution is 0.416. The lowest BCUT2D eigenvalue weighted by Gasteiger charge is -2.24. The van der Waals surface area contributed by atoms with Crippen molar-refractivity contribution >= 4 is 45.4 Å². The standard InChI is InChI=1S/C28H33ClN6/c1-18-15-25(34(4)14-13-33(2)3)23(30)16-24(18)31-26-11-10-22(29)27(32-26)21-17-35-12-6-8-19-7-5-9-20(21)28(19)35/h5,7,9-11,15-17H,6,8,12-14,30H2,1-4H3,(H,31,32). The summed E-state index contributed by atoms with van der Waals surface area (Å²) in [5.41, 5.74) is 14.9. The summed E-state index contributed by atoms with van der Waals surface area (Å²) in [5.74, 6) is 0.743. The quantitative estimate of drug-likeness (QED) is 0.315. The Morgan fingerprint density at radius 2 is 1.94 bits per heavy atom. The van der Waals surface area contributed by atoms with Crippen molar-refractivity contribution in [1.29, 1.82) is 0 Å². The molecular weight excluding hydrogens is 456 g/mol. The van der Waals surface area contributed by atoms with Gasteiger partial charge in [-0.25, -0.2) is 4.98 Å². The molecule has 0 saturated heterocycles. The number of nitrogen functional groups attached to an aromatic ring is 1. The van der Waals surface area contributed by atoms with E-state index in [1.54, 1.807) is 0 Å². The molecule has 3 heterocycles. The van der Waals surface area contributed by atoms with Gasteiger partial charge in [-0.15, -0.1) is 0 Å². The van der Waals surface area contributed by atoms with Crippen molar-refractivity contribution in [3.05, 3.63) is 64.8 Å². The van der Waals surface area contributed by atoms with E-state index in [4.69, 9.17) is 22.3 Å². The van der Waals surface area contributed by atoms with Crippen molar-refractivity contribution in [3.63, 3.8) is 0 Å². The number of halogens is 1. The number of benzene rings is 2. The predicted octanol–water partition coefficient (Wildman–Crippen LogP) is 5.93. The van der Waals surface area contributed by atoms with Crippen molar-refractivity contribution in [2.24, 2.45) is 0 Å². The Morgan fingerprint density at radius 1 is 1.11 bits per heavy atom. The van der Waals surface area contributed by atoms with Crippen LogP contribution in [0, 0.1) is 6.92 Å². The maximum absolute atomic E-state index is 6.68. The minimum Gasteiger partial charge on any atom is -0.397 e. The van der Waals surface area contributed by atoms with Crippen molar-refractivity contribution in [2.75, 3.05) is 50.2 Å². The maximum atomic E-state index is 6.68. The Kier molecular flexibility index (Phi) is 6.34. The average Bonchev–Trinajstić information content (AvgIpc) is 3.21. The molecule has 35 heavy (non-hydrogen) atoms. The second-order valence-electron chi connectivity index (χ2n) is 9.76. The first-order valence-corrected chi connectivity index (χ1v) is 12.5. The molecule has 182 valence electrons. The number of anilines is 4. The van der Waals surface area contributed by atoms with Crippen LogP contribution in [-0.2, 0) is 13.0 Å². The Morgan fingerprint density at radius 3 is 2.74 bits per heavy atom. The van der Waals surface area contributed by atoms with E-state index in [1.807, 2.05) is 18.2 Å². The molecule has 0 amide bonds. The highest BCUT2D eigenvalue weighted by molar-refractivity contribution is 6.33. The van der Waals surface area contributed by atoms with E-state index in [2.05, 4.69) is 78.2 Å². The van der Waals surface area contributed by atoms with Gasteiger partial charge in [0.25, 0.3) is 0 Å². The van der Waals surface area contributed by atoms with Gasteiger partial charge in [-0.2, -0.15) is 0 Å². The summed E-state index contributed by atoms with van der Waals surface area (Å²) in [6.45, 7) is 4.98. The van der Waals surface area contributed by atoms with Gasteiger partial charge >= 0.3 is 0 Å². The molecule has 0 unspecified atom stereocenters. The highest BCUT2D eigenvalue weighted by Gasteiger charge is 2.19. The molecule has 0 radical (unpaired) electrons. The van der Waals surface area contributed by atoms with Crippen molar-refractivity contribution in [2.45, 2.75) is 26.3 Å². The van der Waals surface area contributed by atoms with Gasteiger partial charge in [-0.3, -0.25) is 0 Å². The van der Waals surface area contributed by atoms with Crippen LogP contribution in [0.1, 0.15) is 17.5 Å². The molecule has 0 atom stereocenters. The number of pyridine rings is 1. The molecule has 5 rings (SSSR count). The minimum absolute atomic E-state index is 0.647. The van der Waals surface area contributed by atoms with E-state index in [9.17, 15) is 0 Å². The van der Waals surface area contributed by atoms with Gasteiger partial charge < -0.3 is 25.4 Å². The number of aromatic nitrogens is 2. The smallest absolute Gasteiger partial charge is 0.131 e. The van der Waals surface area contributed by atoms with E-state index in [0.29, 0.717) is 5.02 Å².